The molecule has 0 radical (unpaired) electrons. The molecule has 3 amide bonds. The van der Waals surface area contributed by atoms with Gasteiger partial charge in [-0.3, -0.25) is 19.3 Å². The number of rotatable bonds is 4. The summed E-state index contributed by atoms with van der Waals surface area (Å²) < 4.78 is 26.6. The minimum absolute atomic E-state index is 0.0787. The maximum atomic E-state index is 13.5. The number of nitrogens with zero attached hydrogens (tertiary/aromatic N) is 2. The van der Waals surface area contributed by atoms with Crippen LogP contribution in [0.25, 0.3) is 0 Å². The highest BCUT2D eigenvalue weighted by Crippen LogP contribution is 2.52. The topological polar surface area (TPSA) is 57.7 Å². The lowest BCUT2D eigenvalue weighted by Crippen LogP contribution is -2.44. The Morgan fingerprint density at radius 1 is 1.12 bits per heavy atom. The number of fused-ring (bicyclic) bond motifs is 5. The number of hydrogen-bond acceptors (Lipinski definition) is 3. The number of likely N-dealkylation sites (tertiary alicyclic amines) is 1. The van der Waals surface area contributed by atoms with Gasteiger partial charge in [0.05, 0.1) is 11.8 Å². The van der Waals surface area contributed by atoms with Crippen LogP contribution in [0.2, 0.25) is 0 Å². The molecule has 2 fully saturated rings. The smallest absolute Gasteiger partial charge is 0.247 e. The van der Waals surface area contributed by atoms with Crippen LogP contribution in [-0.4, -0.2) is 35.7 Å². The van der Waals surface area contributed by atoms with E-state index in [0.29, 0.717) is 0 Å². The summed E-state index contributed by atoms with van der Waals surface area (Å²) in [7, 11) is 0. The van der Waals surface area contributed by atoms with Crippen LogP contribution in [0.4, 0.5) is 14.5 Å². The number of halogens is 2. The third kappa shape index (κ3) is 2.37. The number of hydrogen-bond donors (Lipinski definition) is 0. The quantitative estimate of drug-likeness (QED) is 0.611. The molecule has 26 heavy (non-hydrogen) atoms. The first-order valence-corrected chi connectivity index (χ1v) is 8.71. The van der Waals surface area contributed by atoms with Gasteiger partial charge in [-0.25, -0.2) is 8.78 Å². The van der Waals surface area contributed by atoms with E-state index in [1.54, 1.807) is 6.92 Å². The van der Waals surface area contributed by atoms with E-state index in [0.717, 1.165) is 23.5 Å². The van der Waals surface area contributed by atoms with Crippen molar-refractivity contribution in [1.82, 2.24) is 4.90 Å². The maximum Gasteiger partial charge on any atom is 0.247 e. The van der Waals surface area contributed by atoms with Crippen LogP contribution < -0.4 is 4.90 Å². The van der Waals surface area contributed by atoms with E-state index in [1.165, 1.54) is 11.0 Å². The molecule has 3 aliphatic rings. The average molecular weight is 360 g/mol. The number of allylic oxidation sites excluding steroid dienone is 2. The molecule has 7 heteroatoms. The van der Waals surface area contributed by atoms with E-state index >= 15 is 0 Å². The molecule has 1 saturated heterocycles. The molecule has 0 aromatic heterocycles. The van der Waals surface area contributed by atoms with Gasteiger partial charge in [-0.15, -0.1) is 0 Å². The second-order valence-corrected chi connectivity index (χ2v) is 7.00. The summed E-state index contributed by atoms with van der Waals surface area (Å²) in [6.45, 7) is 1.52. The van der Waals surface area contributed by atoms with Gasteiger partial charge >= 0.3 is 0 Å². The molecule has 1 aromatic carbocycles. The fraction of sp³-hybridized carbons (Fsp3) is 0.421. The number of benzene rings is 1. The minimum Gasteiger partial charge on any atom is -0.311 e. The summed E-state index contributed by atoms with van der Waals surface area (Å²) in [6, 6.07) is 3.18. The minimum atomic E-state index is -1.06. The Kier molecular flexibility index (Phi) is 3.89. The Balaban J connectivity index is 1.53. The molecule has 4 atom stereocenters. The van der Waals surface area contributed by atoms with Crippen LogP contribution in [-0.2, 0) is 14.4 Å². The molecule has 1 saturated carbocycles. The SMILES string of the molecule is CCN(C(=O)CN1C(=O)[C@@H]2[C@@H](C1=O)[C@H]1C=C[C@H]2C1)c1ccc(F)c(F)c1. The summed E-state index contributed by atoms with van der Waals surface area (Å²) in [5.74, 6) is -3.71. The first-order valence-electron chi connectivity index (χ1n) is 8.71. The van der Waals surface area contributed by atoms with Crippen LogP contribution in [0.5, 0.6) is 0 Å². The summed E-state index contributed by atoms with van der Waals surface area (Å²) in [5, 5.41) is 0. The van der Waals surface area contributed by atoms with Crippen molar-refractivity contribution in [2.45, 2.75) is 13.3 Å². The van der Waals surface area contributed by atoms with Gasteiger partial charge in [0, 0.05) is 18.3 Å². The van der Waals surface area contributed by atoms with E-state index in [9.17, 15) is 23.2 Å². The molecule has 1 aromatic rings. The second-order valence-electron chi connectivity index (χ2n) is 7.00. The Morgan fingerprint density at radius 2 is 1.73 bits per heavy atom. The monoisotopic (exact) mass is 360 g/mol. The van der Waals surface area contributed by atoms with Crippen LogP contribution in [0, 0.1) is 35.3 Å². The summed E-state index contributed by atoms with van der Waals surface area (Å²) in [4.78, 5) is 40.3. The molecule has 2 aliphatic carbocycles. The van der Waals surface area contributed by atoms with E-state index in [4.69, 9.17) is 0 Å². The first-order chi connectivity index (χ1) is 12.4. The van der Waals surface area contributed by atoms with Gasteiger partial charge in [0.2, 0.25) is 17.7 Å². The second kappa shape index (κ2) is 6.00. The predicted octanol–water partition coefficient (Wildman–Crippen LogP) is 2.12. The molecule has 0 spiro atoms. The molecule has 136 valence electrons. The highest BCUT2D eigenvalue weighted by atomic mass is 19.2. The third-order valence-corrected chi connectivity index (χ3v) is 5.69. The Labute approximate surface area is 149 Å². The largest absolute Gasteiger partial charge is 0.311 e. The molecule has 5 nitrogen and oxygen atoms in total. The Hall–Kier alpha value is -2.57. The average Bonchev–Trinajstić information content (AvgIpc) is 3.29. The van der Waals surface area contributed by atoms with Gasteiger partial charge in [0.25, 0.3) is 0 Å². The fourth-order valence-corrected chi connectivity index (χ4v) is 4.50. The van der Waals surface area contributed by atoms with Crippen LogP contribution in [0.1, 0.15) is 13.3 Å². The van der Waals surface area contributed by atoms with Gasteiger partial charge in [0.1, 0.15) is 6.54 Å². The summed E-state index contributed by atoms with van der Waals surface area (Å²) in [5.41, 5.74) is 0.192. The number of imide groups is 1. The van der Waals surface area contributed by atoms with Gasteiger partial charge < -0.3 is 4.90 Å². The molecular weight excluding hydrogens is 342 g/mol. The van der Waals surface area contributed by atoms with Crippen LogP contribution in [0.3, 0.4) is 0 Å². The lowest BCUT2D eigenvalue weighted by atomic mass is 9.85. The van der Waals surface area contributed by atoms with Crippen molar-refractivity contribution < 1.29 is 23.2 Å². The van der Waals surface area contributed by atoms with Gasteiger partial charge in [-0.2, -0.15) is 0 Å². The normalized spacial score (nSPS) is 28.8. The zero-order chi connectivity index (χ0) is 18.6. The van der Waals surface area contributed by atoms with E-state index in [-0.39, 0.29) is 54.3 Å². The van der Waals surface area contributed by atoms with E-state index < -0.39 is 17.5 Å². The lowest BCUT2D eigenvalue weighted by molar-refractivity contribution is -0.143. The number of anilines is 1. The number of carbonyl (C=O) groups excluding carboxylic acids is 3. The van der Waals surface area contributed by atoms with Gasteiger partial charge in [-0.05, 0) is 37.3 Å². The predicted molar refractivity (Wildman–Crippen MR) is 88.8 cm³/mol. The van der Waals surface area contributed by atoms with Crippen molar-refractivity contribution in [2.24, 2.45) is 23.7 Å². The Bertz CT molecular complexity index is 808. The standard InChI is InChI=1S/C19H18F2N2O3/c1-2-22(12-5-6-13(20)14(21)8-12)15(24)9-23-18(25)16-10-3-4-11(7-10)17(16)19(23)26/h3-6,8,10-11,16-17H,2,7,9H2,1H3/t10-,11-,16-,17-/m0/s1. The lowest BCUT2D eigenvalue weighted by Gasteiger charge is -2.24. The summed E-state index contributed by atoms with van der Waals surface area (Å²) >= 11 is 0. The van der Waals surface area contributed by atoms with E-state index in [1.807, 2.05) is 12.2 Å². The molecule has 1 aliphatic heterocycles. The van der Waals surface area contributed by atoms with Crippen molar-refractivity contribution in [2.75, 3.05) is 18.0 Å². The first kappa shape index (κ1) is 16.9. The zero-order valence-corrected chi connectivity index (χ0v) is 14.2. The van der Waals surface area contributed by atoms with Crippen LogP contribution >= 0.6 is 0 Å². The molecule has 2 bridgehead atoms. The third-order valence-electron chi connectivity index (χ3n) is 5.69. The maximum absolute atomic E-state index is 13.5. The van der Waals surface area contributed by atoms with Gasteiger partial charge in [-0.1, -0.05) is 12.2 Å². The van der Waals surface area contributed by atoms with Crippen LogP contribution in [0.15, 0.2) is 30.4 Å². The van der Waals surface area contributed by atoms with Crippen molar-refractivity contribution in [3.63, 3.8) is 0 Å². The number of carbonyl (C=O) groups is 3. The van der Waals surface area contributed by atoms with Crippen molar-refractivity contribution in [3.05, 3.63) is 42.0 Å². The number of likely N-dealkylation sites (N-methyl/N-ethyl adjacent to an activating group) is 1. The zero-order valence-electron chi connectivity index (χ0n) is 14.2. The highest BCUT2D eigenvalue weighted by molar-refractivity contribution is 6.10. The molecule has 4 rings (SSSR count). The van der Waals surface area contributed by atoms with Crippen molar-refractivity contribution in [1.29, 1.82) is 0 Å². The van der Waals surface area contributed by atoms with E-state index in [2.05, 4.69) is 0 Å². The molecular formula is C19H18F2N2O3. The fourth-order valence-electron chi connectivity index (χ4n) is 4.50. The highest BCUT2D eigenvalue weighted by Gasteiger charge is 2.59. The Morgan fingerprint density at radius 3 is 2.27 bits per heavy atom. The van der Waals surface area contributed by atoms with Gasteiger partial charge in [0.15, 0.2) is 11.6 Å². The summed E-state index contributed by atoms with van der Waals surface area (Å²) in [6.07, 6.45) is 4.80. The molecule has 1 heterocycles. The molecule has 0 N–H and O–H groups in total. The molecule has 0 unspecified atom stereocenters. The van der Waals surface area contributed by atoms with Crippen molar-refractivity contribution >= 4 is 23.4 Å². The number of amides is 3. The van der Waals surface area contributed by atoms with Crippen molar-refractivity contribution in [3.8, 4) is 0 Å².